The van der Waals surface area contributed by atoms with Gasteiger partial charge in [-0.25, -0.2) is 4.79 Å². The Kier molecular flexibility index (Phi) is 2.85. The molecule has 1 aromatic heterocycles. The van der Waals surface area contributed by atoms with Crippen LogP contribution in [0.1, 0.15) is 32.0 Å². The summed E-state index contributed by atoms with van der Waals surface area (Å²) in [7, 11) is 5.66. The van der Waals surface area contributed by atoms with Gasteiger partial charge in [0.25, 0.3) is 0 Å². The minimum atomic E-state index is -0.474. The summed E-state index contributed by atoms with van der Waals surface area (Å²) in [5.74, 6) is 0. The second-order valence-corrected chi connectivity index (χ2v) is 5.21. The van der Waals surface area contributed by atoms with Crippen LogP contribution in [-0.2, 0) is 17.8 Å². The highest BCUT2D eigenvalue weighted by Gasteiger charge is 2.28. The van der Waals surface area contributed by atoms with Gasteiger partial charge in [-0.3, -0.25) is 9.88 Å². The minimum absolute atomic E-state index is 0.311. The third-order valence-corrected chi connectivity index (χ3v) is 2.43. The molecule has 0 bridgehead atoms. The molecule has 1 aromatic rings. The topological polar surface area (TPSA) is 42.4 Å². The van der Waals surface area contributed by atoms with Crippen molar-refractivity contribution in [3.05, 3.63) is 23.5 Å². The molecule has 2 rings (SSSR count). The van der Waals surface area contributed by atoms with E-state index in [2.05, 4.69) is 4.98 Å². The molecule has 0 N–H and O–H groups in total. The molecule has 0 fully saturated rings. The van der Waals surface area contributed by atoms with E-state index in [1.165, 1.54) is 0 Å². The number of hydrogen-bond acceptors (Lipinski definition) is 3. The fraction of sp³-hybridized carbons (Fsp3) is 0.500. The first-order valence-corrected chi connectivity index (χ1v) is 5.56. The molecular formula is C12H15BN2O2. The Morgan fingerprint density at radius 2 is 2.18 bits per heavy atom. The molecule has 2 heterocycles. The van der Waals surface area contributed by atoms with E-state index >= 15 is 0 Å². The molecule has 1 aliphatic rings. The molecule has 0 atom stereocenters. The average Bonchev–Trinajstić information content (AvgIpc) is 2.57. The van der Waals surface area contributed by atoms with E-state index in [9.17, 15) is 4.79 Å². The van der Waals surface area contributed by atoms with Gasteiger partial charge in [-0.1, -0.05) is 11.5 Å². The van der Waals surface area contributed by atoms with Crippen LogP contribution >= 0.6 is 0 Å². The number of hydrogen-bond donors (Lipinski definition) is 0. The molecule has 0 unspecified atom stereocenters. The predicted molar refractivity (Wildman–Crippen MR) is 65.1 cm³/mol. The van der Waals surface area contributed by atoms with Gasteiger partial charge in [-0.2, -0.15) is 0 Å². The maximum atomic E-state index is 11.9. The van der Waals surface area contributed by atoms with Gasteiger partial charge in [0.15, 0.2) is 0 Å². The van der Waals surface area contributed by atoms with E-state index < -0.39 is 5.60 Å². The van der Waals surface area contributed by atoms with Gasteiger partial charge in [-0.05, 0) is 26.3 Å². The molecular weight excluding hydrogens is 215 g/mol. The van der Waals surface area contributed by atoms with E-state index in [1.807, 2.05) is 26.8 Å². The monoisotopic (exact) mass is 230 g/mol. The second-order valence-electron chi connectivity index (χ2n) is 5.21. The molecule has 5 heteroatoms. The van der Waals surface area contributed by atoms with E-state index in [0.29, 0.717) is 18.6 Å². The fourth-order valence-electron chi connectivity index (χ4n) is 1.73. The van der Waals surface area contributed by atoms with Crippen LogP contribution < -0.4 is 5.46 Å². The predicted octanol–water partition coefficient (Wildman–Crippen LogP) is 1.13. The number of fused-ring (bicyclic) bond motifs is 1. The van der Waals surface area contributed by atoms with E-state index in [1.54, 1.807) is 11.1 Å². The van der Waals surface area contributed by atoms with Crippen LogP contribution in [0.4, 0.5) is 4.79 Å². The Morgan fingerprint density at radius 3 is 2.82 bits per heavy atom. The minimum Gasteiger partial charge on any atom is -0.444 e. The standard InChI is InChI=1S/C12H15BN2O2/c1-12(2,3)17-11(16)15-6-8-4-9(13)5-14-10(8)7-15/h4-5H,6-7H2,1-3H3. The van der Waals surface area contributed by atoms with Crippen molar-refractivity contribution in [1.29, 1.82) is 0 Å². The summed E-state index contributed by atoms with van der Waals surface area (Å²) in [6, 6.07) is 1.85. The molecule has 4 nitrogen and oxygen atoms in total. The Labute approximate surface area is 102 Å². The highest BCUT2D eigenvalue weighted by atomic mass is 16.6. The van der Waals surface area contributed by atoms with Gasteiger partial charge < -0.3 is 4.74 Å². The molecule has 0 saturated carbocycles. The van der Waals surface area contributed by atoms with Crippen molar-refractivity contribution in [3.63, 3.8) is 0 Å². The van der Waals surface area contributed by atoms with Gasteiger partial charge in [-0.15, -0.1) is 0 Å². The Balaban J connectivity index is 2.07. The third-order valence-electron chi connectivity index (χ3n) is 2.43. The van der Waals surface area contributed by atoms with Crippen LogP contribution in [0.5, 0.6) is 0 Å². The van der Waals surface area contributed by atoms with E-state index in [0.717, 1.165) is 11.3 Å². The molecule has 0 saturated heterocycles. The number of carbonyl (C=O) groups is 1. The smallest absolute Gasteiger partial charge is 0.410 e. The van der Waals surface area contributed by atoms with Crippen LogP contribution in [0.15, 0.2) is 12.3 Å². The zero-order valence-corrected chi connectivity index (χ0v) is 10.4. The lowest BCUT2D eigenvalue weighted by Crippen LogP contribution is -2.33. The van der Waals surface area contributed by atoms with Crippen molar-refractivity contribution in [2.75, 3.05) is 0 Å². The summed E-state index contributed by atoms with van der Waals surface area (Å²) in [6.07, 6.45) is 1.30. The maximum Gasteiger partial charge on any atom is 0.410 e. The van der Waals surface area contributed by atoms with Crippen molar-refractivity contribution < 1.29 is 9.53 Å². The highest BCUT2D eigenvalue weighted by molar-refractivity contribution is 6.32. The zero-order chi connectivity index (χ0) is 12.6. The lowest BCUT2D eigenvalue weighted by molar-refractivity contribution is 0.0240. The average molecular weight is 230 g/mol. The van der Waals surface area contributed by atoms with Crippen LogP contribution in [0.2, 0.25) is 0 Å². The Bertz CT molecular complexity index is 454. The third kappa shape index (κ3) is 2.78. The number of nitrogens with zero attached hydrogens (tertiary/aromatic N) is 2. The Morgan fingerprint density at radius 1 is 1.47 bits per heavy atom. The summed E-state index contributed by atoms with van der Waals surface area (Å²) >= 11 is 0. The quantitative estimate of drug-likeness (QED) is 0.627. The molecule has 88 valence electrons. The van der Waals surface area contributed by atoms with Crippen molar-refractivity contribution in [2.45, 2.75) is 39.5 Å². The summed E-state index contributed by atoms with van der Waals surface area (Å²) in [5, 5.41) is 0. The summed E-state index contributed by atoms with van der Waals surface area (Å²) in [4.78, 5) is 17.7. The van der Waals surface area contributed by atoms with Crippen molar-refractivity contribution in [1.82, 2.24) is 9.88 Å². The first-order valence-electron chi connectivity index (χ1n) is 5.56. The first-order chi connectivity index (χ1) is 7.85. The number of amides is 1. The molecule has 0 aromatic carbocycles. The van der Waals surface area contributed by atoms with Crippen molar-refractivity contribution in [3.8, 4) is 0 Å². The highest BCUT2D eigenvalue weighted by Crippen LogP contribution is 2.21. The number of pyridine rings is 1. The van der Waals surface area contributed by atoms with Gasteiger partial charge in [0.1, 0.15) is 13.4 Å². The Hall–Kier alpha value is -1.52. The lowest BCUT2D eigenvalue weighted by atomic mass is 9.97. The van der Waals surface area contributed by atoms with Crippen molar-refractivity contribution >= 4 is 19.4 Å². The van der Waals surface area contributed by atoms with E-state index in [4.69, 9.17) is 12.6 Å². The molecule has 0 aliphatic carbocycles. The number of rotatable bonds is 0. The zero-order valence-electron chi connectivity index (χ0n) is 10.4. The van der Waals surface area contributed by atoms with Crippen LogP contribution in [0.25, 0.3) is 0 Å². The second kappa shape index (κ2) is 4.06. The first kappa shape index (κ1) is 12.0. The largest absolute Gasteiger partial charge is 0.444 e. The van der Waals surface area contributed by atoms with Crippen molar-refractivity contribution in [2.24, 2.45) is 0 Å². The summed E-state index contributed by atoms with van der Waals surface area (Å²) < 4.78 is 5.31. The number of ether oxygens (including phenoxy) is 1. The maximum absolute atomic E-state index is 11.9. The van der Waals surface area contributed by atoms with Gasteiger partial charge in [0, 0.05) is 6.20 Å². The summed E-state index contributed by atoms with van der Waals surface area (Å²) in [6.45, 7) is 6.56. The van der Waals surface area contributed by atoms with Crippen LogP contribution in [0, 0.1) is 0 Å². The lowest BCUT2D eigenvalue weighted by Gasteiger charge is -2.23. The van der Waals surface area contributed by atoms with Gasteiger partial charge in [0.05, 0.1) is 18.8 Å². The van der Waals surface area contributed by atoms with Crippen LogP contribution in [-0.4, -0.2) is 29.4 Å². The molecule has 2 radical (unpaired) electrons. The SMILES string of the molecule is [B]c1cnc2c(c1)CN(C(=O)OC(C)(C)C)C2. The summed E-state index contributed by atoms with van der Waals surface area (Å²) in [5.41, 5.74) is 2.04. The van der Waals surface area contributed by atoms with Gasteiger partial charge in [0.2, 0.25) is 0 Å². The van der Waals surface area contributed by atoms with Crippen LogP contribution in [0.3, 0.4) is 0 Å². The molecule has 1 aliphatic heterocycles. The normalized spacial score (nSPS) is 14.6. The molecule has 17 heavy (non-hydrogen) atoms. The fourth-order valence-corrected chi connectivity index (χ4v) is 1.73. The number of aromatic nitrogens is 1. The van der Waals surface area contributed by atoms with E-state index in [-0.39, 0.29) is 6.09 Å². The van der Waals surface area contributed by atoms with Gasteiger partial charge >= 0.3 is 6.09 Å². The molecule has 1 amide bonds. The number of carbonyl (C=O) groups excluding carboxylic acids is 1. The molecule has 0 spiro atoms.